The van der Waals surface area contributed by atoms with Crippen molar-refractivity contribution in [1.29, 1.82) is 0 Å². The third-order valence-electron chi connectivity index (χ3n) is 4.69. The van der Waals surface area contributed by atoms with Crippen molar-refractivity contribution in [2.45, 2.75) is 45.1 Å². The molecular formula is C19H22N2O3S. The van der Waals surface area contributed by atoms with E-state index in [4.69, 9.17) is 0 Å². The molecule has 1 saturated carbocycles. The minimum atomic E-state index is -0.820. The molecule has 1 heterocycles. The zero-order valence-electron chi connectivity index (χ0n) is 14.2. The maximum Gasteiger partial charge on any atom is 0.308 e. The van der Waals surface area contributed by atoms with Crippen LogP contribution in [0.4, 0.5) is 0 Å². The summed E-state index contributed by atoms with van der Waals surface area (Å²) in [4.78, 5) is 28.6. The number of aromatic nitrogens is 1. The largest absolute Gasteiger partial charge is 0.481 e. The van der Waals surface area contributed by atoms with Gasteiger partial charge < -0.3 is 10.4 Å². The lowest BCUT2D eigenvalue weighted by molar-refractivity contribution is -0.142. The molecule has 1 aromatic heterocycles. The Bertz CT molecular complexity index is 772. The zero-order valence-corrected chi connectivity index (χ0v) is 15.0. The predicted octanol–water partition coefficient (Wildman–Crippen LogP) is 3.88. The van der Waals surface area contributed by atoms with Crippen LogP contribution in [-0.4, -0.2) is 28.0 Å². The molecule has 1 aliphatic rings. The van der Waals surface area contributed by atoms with Crippen molar-refractivity contribution in [1.82, 2.24) is 10.3 Å². The van der Waals surface area contributed by atoms with Crippen molar-refractivity contribution in [2.24, 2.45) is 5.92 Å². The van der Waals surface area contributed by atoms with E-state index in [2.05, 4.69) is 10.3 Å². The van der Waals surface area contributed by atoms with E-state index in [9.17, 15) is 14.7 Å². The number of hydrogen-bond acceptors (Lipinski definition) is 4. The Morgan fingerprint density at radius 1 is 1.24 bits per heavy atom. The van der Waals surface area contributed by atoms with E-state index >= 15 is 0 Å². The molecule has 0 radical (unpaired) electrons. The van der Waals surface area contributed by atoms with Gasteiger partial charge in [0.25, 0.3) is 5.91 Å². The summed E-state index contributed by atoms with van der Waals surface area (Å²) in [6.07, 6.45) is 4.22. The molecule has 2 atom stereocenters. The molecule has 2 aromatic rings. The number of nitrogens with zero attached hydrogens (tertiary/aromatic N) is 1. The van der Waals surface area contributed by atoms with Crippen LogP contribution in [0.5, 0.6) is 0 Å². The minimum Gasteiger partial charge on any atom is -0.481 e. The maximum absolute atomic E-state index is 12.7. The summed E-state index contributed by atoms with van der Waals surface area (Å²) in [5.41, 5.74) is 2.29. The third-order valence-corrected chi connectivity index (χ3v) is 5.46. The van der Waals surface area contributed by atoms with E-state index in [0.29, 0.717) is 18.4 Å². The van der Waals surface area contributed by atoms with Crippen LogP contribution in [0, 0.1) is 12.8 Å². The molecule has 132 valence electrons. The first-order chi connectivity index (χ1) is 12.0. The molecule has 3 rings (SSSR count). The lowest BCUT2D eigenvalue weighted by Crippen LogP contribution is -2.42. The van der Waals surface area contributed by atoms with Gasteiger partial charge in [-0.3, -0.25) is 9.59 Å². The number of carbonyl (C=O) groups excluding carboxylic acids is 1. The summed E-state index contributed by atoms with van der Waals surface area (Å²) in [6.45, 7) is 1.95. The van der Waals surface area contributed by atoms with Crippen molar-refractivity contribution in [3.8, 4) is 11.3 Å². The van der Waals surface area contributed by atoms with E-state index in [0.717, 1.165) is 35.5 Å². The summed E-state index contributed by atoms with van der Waals surface area (Å²) >= 11 is 1.57. The lowest BCUT2D eigenvalue weighted by Gasteiger charge is -2.23. The number of carboxylic acid groups (broad SMARTS) is 1. The van der Waals surface area contributed by atoms with Crippen LogP contribution in [0.25, 0.3) is 11.3 Å². The zero-order chi connectivity index (χ0) is 17.8. The molecule has 0 unspecified atom stereocenters. The first-order valence-electron chi connectivity index (χ1n) is 8.61. The molecular weight excluding hydrogens is 336 g/mol. The number of benzene rings is 1. The molecule has 5 nitrogen and oxygen atoms in total. The second-order valence-corrected chi connectivity index (χ2v) is 7.56. The first-order valence-corrected chi connectivity index (χ1v) is 9.49. The van der Waals surface area contributed by atoms with Gasteiger partial charge in [-0.15, -0.1) is 11.3 Å². The summed E-state index contributed by atoms with van der Waals surface area (Å²) in [5.74, 6) is -1.54. The Hall–Kier alpha value is -2.21. The number of carboxylic acids is 1. The van der Waals surface area contributed by atoms with Gasteiger partial charge in [0.1, 0.15) is 0 Å². The van der Waals surface area contributed by atoms with Gasteiger partial charge in [0.2, 0.25) is 0 Å². The lowest BCUT2D eigenvalue weighted by atomic mass is 9.94. The van der Waals surface area contributed by atoms with Crippen molar-refractivity contribution < 1.29 is 14.7 Å². The molecule has 1 amide bonds. The van der Waals surface area contributed by atoms with Crippen LogP contribution in [0.3, 0.4) is 0 Å². The molecule has 25 heavy (non-hydrogen) atoms. The maximum atomic E-state index is 12.7. The number of rotatable bonds is 4. The Kier molecular flexibility index (Phi) is 5.48. The molecule has 1 fully saturated rings. The van der Waals surface area contributed by atoms with Crippen LogP contribution in [0.2, 0.25) is 0 Å². The average molecular weight is 358 g/mol. The fraction of sp³-hybridized carbons (Fsp3) is 0.421. The quantitative estimate of drug-likeness (QED) is 0.813. The number of nitrogens with one attached hydrogen (secondary N) is 1. The van der Waals surface area contributed by atoms with Crippen molar-refractivity contribution >= 4 is 23.2 Å². The highest BCUT2D eigenvalue weighted by atomic mass is 32.1. The number of aliphatic carboxylic acids is 1. The van der Waals surface area contributed by atoms with Gasteiger partial charge in [0.05, 0.1) is 16.6 Å². The van der Waals surface area contributed by atoms with Crippen LogP contribution < -0.4 is 5.32 Å². The fourth-order valence-corrected chi connectivity index (χ4v) is 3.97. The number of aryl methyl sites for hydroxylation is 1. The van der Waals surface area contributed by atoms with Gasteiger partial charge in [-0.1, -0.05) is 31.4 Å². The van der Waals surface area contributed by atoms with Gasteiger partial charge in [-0.25, -0.2) is 4.98 Å². The Morgan fingerprint density at radius 2 is 2.04 bits per heavy atom. The Balaban J connectivity index is 1.77. The Labute approximate surface area is 151 Å². The summed E-state index contributed by atoms with van der Waals surface area (Å²) < 4.78 is 0. The Morgan fingerprint density at radius 3 is 2.76 bits per heavy atom. The highest BCUT2D eigenvalue weighted by Gasteiger charge is 2.30. The second-order valence-electron chi connectivity index (χ2n) is 6.50. The molecule has 0 saturated heterocycles. The summed E-state index contributed by atoms with van der Waals surface area (Å²) in [5, 5.41) is 15.4. The van der Waals surface area contributed by atoms with Crippen molar-refractivity contribution in [3.63, 3.8) is 0 Å². The molecule has 0 spiro atoms. The smallest absolute Gasteiger partial charge is 0.308 e. The monoisotopic (exact) mass is 358 g/mol. The number of carbonyl (C=O) groups is 2. The van der Waals surface area contributed by atoms with E-state index in [1.54, 1.807) is 17.4 Å². The van der Waals surface area contributed by atoms with Crippen LogP contribution >= 0.6 is 11.3 Å². The molecule has 2 N–H and O–H groups in total. The van der Waals surface area contributed by atoms with Crippen LogP contribution in [0.15, 0.2) is 29.6 Å². The number of hydrogen-bond donors (Lipinski definition) is 2. The van der Waals surface area contributed by atoms with Gasteiger partial charge in [0, 0.05) is 22.5 Å². The van der Waals surface area contributed by atoms with Crippen LogP contribution in [-0.2, 0) is 4.79 Å². The van der Waals surface area contributed by atoms with Crippen LogP contribution in [0.1, 0.15) is 47.5 Å². The van der Waals surface area contributed by atoms with Gasteiger partial charge in [-0.05, 0) is 31.9 Å². The van der Waals surface area contributed by atoms with E-state index in [1.807, 2.05) is 30.5 Å². The van der Waals surface area contributed by atoms with E-state index in [1.165, 1.54) is 0 Å². The molecule has 6 heteroatoms. The normalized spacial score (nSPS) is 20.7. The highest BCUT2D eigenvalue weighted by Crippen LogP contribution is 2.25. The average Bonchev–Trinajstić information content (AvgIpc) is 2.89. The predicted molar refractivity (Wildman–Crippen MR) is 97.8 cm³/mol. The minimum absolute atomic E-state index is 0.216. The molecule has 1 aliphatic carbocycles. The van der Waals surface area contributed by atoms with Crippen molar-refractivity contribution in [3.05, 3.63) is 40.2 Å². The molecule has 0 bridgehead atoms. The van der Waals surface area contributed by atoms with E-state index < -0.39 is 11.9 Å². The standard InChI is InChI=1S/C19H22N2O3S/c1-12-20-17(11-25-12)13-6-5-7-14(10-13)18(22)21-16-9-4-2-3-8-15(16)19(23)24/h5-7,10-11,15-16H,2-4,8-9H2,1H3,(H,21,22)(H,23,24)/t15-,16+/m1/s1. The number of thiazole rings is 1. The third kappa shape index (κ3) is 4.25. The second kappa shape index (κ2) is 7.78. The van der Waals surface area contributed by atoms with Gasteiger partial charge in [-0.2, -0.15) is 0 Å². The summed E-state index contributed by atoms with van der Waals surface area (Å²) in [7, 11) is 0. The molecule has 1 aromatic carbocycles. The summed E-state index contributed by atoms with van der Waals surface area (Å²) in [6, 6.07) is 7.02. The number of amides is 1. The topological polar surface area (TPSA) is 79.3 Å². The highest BCUT2D eigenvalue weighted by molar-refractivity contribution is 7.09. The van der Waals surface area contributed by atoms with Crippen molar-refractivity contribution in [2.75, 3.05) is 0 Å². The SMILES string of the molecule is Cc1nc(-c2cccc(C(=O)N[C@H]3CCCCC[C@H]3C(=O)O)c2)cs1. The molecule has 0 aliphatic heterocycles. The van der Waals surface area contributed by atoms with Gasteiger partial charge >= 0.3 is 5.97 Å². The van der Waals surface area contributed by atoms with Gasteiger partial charge in [0.15, 0.2) is 0 Å². The fourth-order valence-electron chi connectivity index (χ4n) is 3.34. The first kappa shape index (κ1) is 17.6. The van der Waals surface area contributed by atoms with E-state index in [-0.39, 0.29) is 11.9 Å².